The van der Waals surface area contributed by atoms with E-state index in [-0.39, 0.29) is 11.4 Å². The van der Waals surface area contributed by atoms with Crippen LogP contribution in [0.15, 0.2) is 51.7 Å². The SMILES string of the molecule is Cc1c(Cc2ccccc2)c(=O)oc2c(CN3CCC[C@H](C)C3)c(O)ccc12. The lowest BCUT2D eigenvalue weighted by Gasteiger charge is -2.31. The average molecular weight is 377 g/mol. The second-order valence-corrected chi connectivity index (χ2v) is 8.08. The molecule has 0 spiro atoms. The number of nitrogens with zero attached hydrogens (tertiary/aromatic N) is 1. The quantitative estimate of drug-likeness (QED) is 0.674. The third kappa shape index (κ3) is 3.69. The monoisotopic (exact) mass is 377 g/mol. The van der Waals surface area contributed by atoms with Crippen LogP contribution in [0, 0.1) is 12.8 Å². The fraction of sp³-hybridized carbons (Fsp3) is 0.375. The van der Waals surface area contributed by atoms with Crippen LogP contribution >= 0.6 is 0 Å². The van der Waals surface area contributed by atoms with Gasteiger partial charge >= 0.3 is 5.63 Å². The summed E-state index contributed by atoms with van der Waals surface area (Å²) in [4.78, 5) is 15.1. The molecule has 1 fully saturated rings. The lowest BCUT2D eigenvalue weighted by Crippen LogP contribution is -2.33. The van der Waals surface area contributed by atoms with Crippen molar-refractivity contribution in [3.05, 3.63) is 75.1 Å². The molecular weight excluding hydrogens is 350 g/mol. The van der Waals surface area contributed by atoms with Crippen molar-refractivity contribution in [2.24, 2.45) is 5.92 Å². The molecule has 0 saturated carbocycles. The van der Waals surface area contributed by atoms with Gasteiger partial charge in [-0.2, -0.15) is 0 Å². The number of phenols is 1. The Morgan fingerprint density at radius 3 is 2.68 bits per heavy atom. The Morgan fingerprint density at radius 2 is 1.93 bits per heavy atom. The number of likely N-dealkylation sites (tertiary alicyclic amines) is 1. The molecule has 0 amide bonds. The predicted molar refractivity (Wildman–Crippen MR) is 112 cm³/mol. The van der Waals surface area contributed by atoms with Gasteiger partial charge < -0.3 is 9.52 Å². The zero-order valence-corrected chi connectivity index (χ0v) is 16.6. The topological polar surface area (TPSA) is 53.7 Å². The second kappa shape index (κ2) is 7.80. The number of benzene rings is 2. The third-order valence-electron chi connectivity index (χ3n) is 5.88. The minimum atomic E-state index is -0.312. The van der Waals surface area contributed by atoms with E-state index in [0.29, 0.717) is 30.0 Å². The maximum absolute atomic E-state index is 12.8. The zero-order valence-electron chi connectivity index (χ0n) is 16.6. The van der Waals surface area contributed by atoms with Crippen molar-refractivity contribution in [1.29, 1.82) is 0 Å². The molecule has 2 aromatic carbocycles. The van der Waals surface area contributed by atoms with Crippen molar-refractivity contribution in [2.45, 2.75) is 39.7 Å². The number of piperidine rings is 1. The third-order valence-corrected chi connectivity index (χ3v) is 5.88. The van der Waals surface area contributed by atoms with Gasteiger partial charge in [0, 0.05) is 30.5 Å². The van der Waals surface area contributed by atoms with Crippen LogP contribution in [0.2, 0.25) is 0 Å². The Labute approximate surface area is 165 Å². The molecule has 1 aromatic heterocycles. The number of aryl methyl sites for hydroxylation is 1. The number of hydrogen-bond donors (Lipinski definition) is 1. The van der Waals surface area contributed by atoms with E-state index in [1.165, 1.54) is 6.42 Å². The first-order valence-corrected chi connectivity index (χ1v) is 10.1. The molecule has 1 N–H and O–H groups in total. The molecule has 1 saturated heterocycles. The average Bonchev–Trinajstić information content (AvgIpc) is 2.68. The van der Waals surface area contributed by atoms with E-state index in [1.807, 2.05) is 43.3 Å². The van der Waals surface area contributed by atoms with Crippen molar-refractivity contribution >= 4 is 11.0 Å². The smallest absolute Gasteiger partial charge is 0.340 e. The summed E-state index contributed by atoms with van der Waals surface area (Å²) < 4.78 is 5.78. The largest absolute Gasteiger partial charge is 0.507 e. The van der Waals surface area contributed by atoms with Crippen LogP contribution < -0.4 is 5.63 Å². The fourth-order valence-electron chi connectivity index (χ4n) is 4.31. The van der Waals surface area contributed by atoms with E-state index in [9.17, 15) is 9.90 Å². The maximum atomic E-state index is 12.8. The van der Waals surface area contributed by atoms with E-state index in [0.717, 1.165) is 41.6 Å². The molecule has 3 aromatic rings. The fourth-order valence-corrected chi connectivity index (χ4v) is 4.31. The molecule has 0 aliphatic carbocycles. The van der Waals surface area contributed by atoms with Gasteiger partial charge in [0.05, 0.1) is 5.56 Å². The van der Waals surface area contributed by atoms with Gasteiger partial charge in [-0.25, -0.2) is 4.79 Å². The number of hydrogen-bond acceptors (Lipinski definition) is 4. The first-order valence-electron chi connectivity index (χ1n) is 10.1. The van der Waals surface area contributed by atoms with Crippen molar-refractivity contribution in [1.82, 2.24) is 4.90 Å². The molecule has 28 heavy (non-hydrogen) atoms. The summed E-state index contributed by atoms with van der Waals surface area (Å²) in [6.07, 6.45) is 2.96. The van der Waals surface area contributed by atoms with Crippen molar-refractivity contribution in [3.8, 4) is 5.75 Å². The molecular formula is C24H27NO3. The molecule has 0 bridgehead atoms. The highest BCUT2D eigenvalue weighted by molar-refractivity contribution is 5.85. The van der Waals surface area contributed by atoms with Gasteiger partial charge in [0.1, 0.15) is 11.3 Å². The first kappa shape index (κ1) is 18.8. The van der Waals surface area contributed by atoms with Crippen LogP contribution in [0.5, 0.6) is 5.75 Å². The Bertz CT molecular complexity index is 1040. The number of aromatic hydroxyl groups is 1. The zero-order chi connectivity index (χ0) is 19.7. The van der Waals surface area contributed by atoms with E-state index in [4.69, 9.17) is 4.42 Å². The first-order chi connectivity index (χ1) is 13.5. The van der Waals surface area contributed by atoms with Gasteiger partial charge in [0.2, 0.25) is 0 Å². The molecule has 0 radical (unpaired) electrons. The summed E-state index contributed by atoms with van der Waals surface area (Å²) >= 11 is 0. The van der Waals surface area contributed by atoms with Crippen molar-refractivity contribution in [2.75, 3.05) is 13.1 Å². The number of fused-ring (bicyclic) bond motifs is 1. The van der Waals surface area contributed by atoms with E-state index in [1.54, 1.807) is 6.07 Å². The minimum Gasteiger partial charge on any atom is -0.507 e. The molecule has 1 aliphatic rings. The van der Waals surface area contributed by atoms with Crippen LogP contribution in [-0.4, -0.2) is 23.1 Å². The molecule has 1 aliphatic heterocycles. The highest BCUT2D eigenvalue weighted by atomic mass is 16.4. The van der Waals surface area contributed by atoms with Gasteiger partial charge in [-0.15, -0.1) is 0 Å². The summed E-state index contributed by atoms with van der Waals surface area (Å²) in [7, 11) is 0. The second-order valence-electron chi connectivity index (χ2n) is 8.08. The number of rotatable bonds is 4. The van der Waals surface area contributed by atoms with Crippen LogP contribution in [-0.2, 0) is 13.0 Å². The highest BCUT2D eigenvalue weighted by Crippen LogP contribution is 2.32. The van der Waals surface area contributed by atoms with Crippen molar-refractivity contribution in [3.63, 3.8) is 0 Å². The predicted octanol–water partition coefficient (Wildman–Crippen LogP) is 4.63. The Balaban J connectivity index is 1.75. The summed E-state index contributed by atoms with van der Waals surface area (Å²) in [5, 5.41) is 11.4. The molecule has 4 nitrogen and oxygen atoms in total. The van der Waals surface area contributed by atoms with Gasteiger partial charge in [-0.3, -0.25) is 4.90 Å². The van der Waals surface area contributed by atoms with E-state index in [2.05, 4.69) is 11.8 Å². The molecule has 1 atom stereocenters. The van der Waals surface area contributed by atoms with Crippen LogP contribution in [0.25, 0.3) is 11.0 Å². The molecule has 4 heteroatoms. The molecule has 0 unspecified atom stereocenters. The van der Waals surface area contributed by atoms with Crippen LogP contribution in [0.3, 0.4) is 0 Å². The number of phenolic OH excluding ortho intramolecular Hbond substituents is 1. The summed E-state index contributed by atoms with van der Waals surface area (Å²) in [6, 6.07) is 13.5. The highest BCUT2D eigenvalue weighted by Gasteiger charge is 2.21. The molecule has 4 rings (SSSR count). The van der Waals surface area contributed by atoms with Gasteiger partial charge in [-0.1, -0.05) is 37.3 Å². The summed E-state index contributed by atoms with van der Waals surface area (Å²) in [5.41, 5.74) is 3.63. The van der Waals surface area contributed by atoms with Gasteiger partial charge in [0.15, 0.2) is 0 Å². The Hall–Kier alpha value is -2.59. The maximum Gasteiger partial charge on any atom is 0.340 e. The van der Waals surface area contributed by atoms with E-state index >= 15 is 0 Å². The summed E-state index contributed by atoms with van der Waals surface area (Å²) in [5.74, 6) is 0.848. The summed E-state index contributed by atoms with van der Waals surface area (Å²) in [6.45, 7) is 6.85. The Morgan fingerprint density at radius 1 is 1.14 bits per heavy atom. The van der Waals surface area contributed by atoms with Gasteiger partial charge in [0.25, 0.3) is 0 Å². The van der Waals surface area contributed by atoms with Crippen LogP contribution in [0.4, 0.5) is 0 Å². The van der Waals surface area contributed by atoms with E-state index < -0.39 is 0 Å². The molecule has 2 heterocycles. The van der Waals surface area contributed by atoms with Crippen molar-refractivity contribution < 1.29 is 9.52 Å². The standard InChI is InChI=1S/C24H27NO3/c1-16-7-6-12-25(14-16)15-21-22(26)11-10-19-17(2)20(24(27)28-23(19)21)13-18-8-4-3-5-9-18/h3-5,8-11,16,26H,6-7,12-15H2,1-2H3/t16-/m0/s1. The lowest BCUT2D eigenvalue weighted by molar-refractivity contribution is 0.175. The molecule has 146 valence electrons. The van der Waals surface area contributed by atoms with Gasteiger partial charge in [-0.05, 0) is 55.5 Å². The Kier molecular flexibility index (Phi) is 5.23. The minimum absolute atomic E-state index is 0.198. The lowest BCUT2D eigenvalue weighted by atomic mass is 9.97. The normalized spacial score (nSPS) is 17.9. The van der Waals surface area contributed by atoms with Crippen LogP contribution in [0.1, 0.15) is 42.0 Å².